The predicted octanol–water partition coefficient (Wildman–Crippen LogP) is 3.88. The van der Waals surface area contributed by atoms with Gasteiger partial charge in [0.1, 0.15) is 10.8 Å². The second kappa shape index (κ2) is 10.3. The van der Waals surface area contributed by atoms with E-state index in [4.69, 9.17) is 4.74 Å². The average molecular weight is 484 g/mol. The number of carbonyl (C=O) groups is 3. The van der Waals surface area contributed by atoms with Crippen molar-refractivity contribution in [2.45, 2.75) is 32.4 Å². The maximum absolute atomic E-state index is 13.1. The number of benzene rings is 2. The summed E-state index contributed by atoms with van der Waals surface area (Å²) in [5, 5.41) is 0.814. The molecule has 2 amide bonds. The first kappa shape index (κ1) is 23.8. The van der Waals surface area contributed by atoms with Crippen molar-refractivity contribution in [3.8, 4) is 0 Å². The van der Waals surface area contributed by atoms with Gasteiger partial charge in [0.05, 0.1) is 22.7 Å². The Kier molecular flexibility index (Phi) is 7.21. The number of fused-ring (bicyclic) bond motifs is 1. The molecule has 1 aliphatic heterocycles. The summed E-state index contributed by atoms with van der Waals surface area (Å²) in [6.45, 7) is 2.71. The molecular weight excluding hydrogens is 457 g/mol. The van der Waals surface area contributed by atoms with E-state index in [0.29, 0.717) is 38.0 Å². The molecule has 1 atom stereocenters. The number of aromatic nitrogens is 1. The number of carbonyl (C=O) groups excluding carboxylic acids is 3. The smallest absolute Gasteiger partial charge is 0.309 e. The van der Waals surface area contributed by atoms with E-state index in [-0.39, 0.29) is 17.7 Å². The van der Waals surface area contributed by atoms with Crippen LogP contribution in [0.4, 0.5) is 4.39 Å². The van der Waals surface area contributed by atoms with Gasteiger partial charge in [-0.05, 0) is 56.2 Å². The van der Waals surface area contributed by atoms with Crippen molar-refractivity contribution >= 4 is 39.3 Å². The van der Waals surface area contributed by atoms with E-state index in [2.05, 4.69) is 4.98 Å². The summed E-state index contributed by atoms with van der Waals surface area (Å²) >= 11 is 1.53. The van der Waals surface area contributed by atoms with Crippen LogP contribution in [0, 0.1) is 11.7 Å². The van der Waals surface area contributed by atoms with Crippen LogP contribution in [0.3, 0.4) is 0 Å². The molecule has 34 heavy (non-hydrogen) atoms. The normalized spacial score (nSPS) is 15.2. The Morgan fingerprint density at radius 3 is 2.50 bits per heavy atom. The predicted molar refractivity (Wildman–Crippen MR) is 127 cm³/mol. The average Bonchev–Trinajstić information content (AvgIpc) is 3.25. The zero-order valence-electron chi connectivity index (χ0n) is 19.1. The number of esters is 1. The van der Waals surface area contributed by atoms with Crippen LogP contribution in [0.5, 0.6) is 0 Å². The maximum Gasteiger partial charge on any atom is 0.309 e. The summed E-state index contributed by atoms with van der Waals surface area (Å²) in [5.74, 6) is -1.68. The largest absolute Gasteiger partial charge is 0.452 e. The summed E-state index contributed by atoms with van der Waals surface area (Å²) < 4.78 is 19.6. The highest BCUT2D eigenvalue weighted by molar-refractivity contribution is 7.18. The first-order chi connectivity index (χ1) is 16.3. The molecule has 1 aromatic heterocycles. The molecule has 9 heteroatoms. The molecule has 4 rings (SSSR count). The minimum absolute atomic E-state index is 0.188. The zero-order valence-corrected chi connectivity index (χ0v) is 19.9. The van der Waals surface area contributed by atoms with Gasteiger partial charge < -0.3 is 14.5 Å². The molecule has 0 saturated carbocycles. The van der Waals surface area contributed by atoms with Gasteiger partial charge in [0.2, 0.25) is 0 Å². The molecule has 178 valence electrons. The van der Waals surface area contributed by atoms with Crippen LogP contribution in [0.15, 0.2) is 48.5 Å². The van der Waals surface area contributed by atoms with E-state index < -0.39 is 17.9 Å². The van der Waals surface area contributed by atoms with Gasteiger partial charge >= 0.3 is 5.97 Å². The van der Waals surface area contributed by atoms with E-state index in [9.17, 15) is 18.8 Å². The van der Waals surface area contributed by atoms with Gasteiger partial charge in [-0.25, -0.2) is 9.37 Å². The number of rotatable bonds is 6. The number of para-hydroxylation sites is 1. The summed E-state index contributed by atoms with van der Waals surface area (Å²) in [7, 11) is 1.66. The molecule has 7 nitrogen and oxygen atoms in total. The number of piperidine rings is 1. The van der Waals surface area contributed by atoms with Crippen LogP contribution >= 0.6 is 11.3 Å². The number of hydrogen-bond acceptors (Lipinski definition) is 6. The third kappa shape index (κ3) is 5.41. The SMILES string of the molecule is C[C@H](OC(=O)C1CCN(C(=O)c2ccc(F)cc2)CC1)C(=O)N(C)Cc1nc2ccccc2s1. The number of amides is 2. The standard InChI is InChI=1S/C25H26FN3O4S/c1-16(23(30)28(2)15-22-27-20-5-3-4-6-21(20)34-22)33-25(32)18-11-13-29(14-12-18)24(31)17-7-9-19(26)10-8-17/h3-10,16,18H,11-15H2,1-2H3/t16-/m0/s1. The van der Waals surface area contributed by atoms with Crippen LogP contribution < -0.4 is 0 Å². The van der Waals surface area contributed by atoms with Crippen LogP contribution in [-0.2, 0) is 20.9 Å². The Labute approximate surface area is 201 Å². The van der Waals surface area contributed by atoms with Gasteiger partial charge in [-0.2, -0.15) is 0 Å². The fourth-order valence-corrected chi connectivity index (χ4v) is 5.01. The highest BCUT2D eigenvalue weighted by Gasteiger charge is 2.31. The van der Waals surface area contributed by atoms with Gasteiger partial charge in [0.25, 0.3) is 11.8 Å². The molecule has 1 fully saturated rings. The molecule has 1 saturated heterocycles. The van der Waals surface area contributed by atoms with Crippen molar-refractivity contribution in [2.24, 2.45) is 5.92 Å². The Morgan fingerprint density at radius 2 is 1.82 bits per heavy atom. The highest BCUT2D eigenvalue weighted by atomic mass is 32.1. The van der Waals surface area contributed by atoms with Crippen molar-refractivity contribution in [1.29, 1.82) is 0 Å². The number of likely N-dealkylation sites (N-methyl/N-ethyl adjacent to an activating group) is 1. The second-order valence-electron chi connectivity index (χ2n) is 8.42. The maximum atomic E-state index is 13.1. The number of thiazole rings is 1. The lowest BCUT2D eigenvalue weighted by molar-refractivity contribution is -0.163. The Morgan fingerprint density at radius 1 is 1.15 bits per heavy atom. The van der Waals surface area contributed by atoms with Crippen molar-refractivity contribution in [3.05, 3.63) is 64.9 Å². The van der Waals surface area contributed by atoms with E-state index in [1.165, 1.54) is 40.5 Å². The van der Waals surface area contributed by atoms with Crippen LogP contribution in [0.1, 0.15) is 35.1 Å². The van der Waals surface area contributed by atoms with E-state index >= 15 is 0 Å². The first-order valence-electron chi connectivity index (χ1n) is 11.2. The molecule has 0 aliphatic carbocycles. The highest BCUT2D eigenvalue weighted by Crippen LogP contribution is 2.24. The van der Waals surface area contributed by atoms with Crippen molar-refractivity contribution in [2.75, 3.05) is 20.1 Å². The molecular formula is C25H26FN3O4S. The fourth-order valence-electron chi connectivity index (χ4n) is 3.99. The lowest BCUT2D eigenvalue weighted by Gasteiger charge is -2.31. The van der Waals surface area contributed by atoms with Crippen LogP contribution in [0.2, 0.25) is 0 Å². The minimum Gasteiger partial charge on any atom is -0.452 e. The fraction of sp³-hybridized carbons (Fsp3) is 0.360. The monoisotopic (exact) mass is 483 g/mol. The molecule has 0 spiro atoms. The summed E-state index contributed by atoms with van der Waals surface area (Å²) in [6, 6.07) is 13.2. The third-order valence-electron chi connectivity index (χ3n) is 5.93. The van der Waals surface area contributed by atoms with Crippen molar-refractivity contribution in [3.63, 3.8) is 0 Å². The van der Waals surface area contributed by atoms with E-state index in [0.717, 1.165) is 15.2 Å². The van der Waals surface area contributed by atoms with Gasteiger partial charge in [0.15, 0.2) is 6.10 Å². The Hall–Kier alpha value is -3.33. The first-order valence-corrected chi connectivity index (χ1v) is 12.0. The van der Waals surface area contributed by atoms with E-state index in [1.54, 1.807) is 18.9 Å². The lowest BCUT2D eigenvalue weighted by atomic mass is 9.96. The van der Waals surface area contributed by atoms with Gasteiger partial charge in [0, 0.05) is 25.7 Å². The summed E-state index contributed by atoms with van der Waals surface area (Å²) in [5.41, 5.74) is 1.31. The molecule has 1 aliphatic rings. The number of ether oxygens (including phenoxy) is 1. The topological polar surface area (TPSA) is 79.8 Å². The number of halogens is 1. The van der Waals surface area contributed by atoms with Crippen molar-refractivity contribution in [1.82, 2.24) is 14.8 Å². The second-order valence-corrected chi connectivity index (χ2v) is 9.54. The van der Waals surface area contributed by atoms with Gasteiger partial charge in [-0.3, -0.25) is 14.4 Å². The van der Waals surface area contributed by atoms with Crippen molar-refractivity contribution < 1.29 is 23.5 Å². The zero-order chi connectivity index (χ0) is 24.2. The quantitative estimate of drug-likeness (QED) is 0.497. The molecule has 2 aromatic carbocycles. The van der Waals surface area contributed by atoms with Crippen LogP contribution in [0.25, 0.3) is 10.2 Å². The Bertz CT molecular complexity index is 1160. The number of hydrogen-bond donors (Lipinski definition) is 0. The molecule has 0 N–H and O–H groups in total. The molecule has 2 heterocycles. The molecule has 0 radical (unpaired) electrons. The van der Waals surface area contributed by atoms with Crippen LogP contribution in [-0.4, -0.2) is 58.8 Å². The lowest BCUT2D eigenvalue weighted by Crippen LogP contribution is -2.42. The summed E-state index contributed by atoms with van der Waals surface area (Å²) in [4.78, 5) is 45.7. The summed E-state index contributed by atoms with van der Waals surface area (Å²) in [6.07, 6.45) is -0.00613. The number of nitrogens with zero attached hydrogens (tertiary/aromatic N) is 3. The third-order valence-corrected chi connectivity index (χ3v) is 6.96. The van der Waals surface area contributed by atoms with E-state index in [1.807, 2.05) is 24.3 Å². The number of likely N-dealkylation sites (tertiary alicyclic amines) is 1. The molecule has 3 aromatic rings. The molecule has 0 bridgehead atoms. The minimum atomic E-state index is -0.911. The Balaban J connectivity index is 1.26. The molecule has 0 unspecified atom stereocenters. The van der Waals surface area contributed by atoms with Gasteiger partial charge in [-0.1, -0.05) is 12.1 Å². The van der Waals surface area contributed by atoms with Gasteiger partial charge in [-0.15, -0.1) is 11.3 Å².